The Morgan fingerprint density at radius 3 is 2.82 bits per heavy atom. The predicted octanol–water partition coefficient (Wildman–Crippen LogP) is 2.94. The second kappa shape index (κ2) is 10.6. The first-order valence-electron chi connectivity index (χ1n) is 9.24. The zero-order valence-electron chi connectivity index (χ0n) is 15.7. The molecule has 0 saturated carbocycles. The molecule has 148 valence electrons. The van der Waals surface area contributed by atoms with Crippen LogP contribution in [0.15, 0.2) is 70.3 Å². The third-order valence-corrected chi connectivity index (χ3v) is 4.12. The van der Waals surface area contributed by atoms with Crippen molar-refractivity contribution < 1.29 is 18.8 Å². The summed E-state index contributed by atoms with van der Waals surface area (Å²) < 4.78 is 16.2. The molecule has 2 aromatic heterocycles. The van der Waals surface area contributed by atoms with Gasteiger partial charge in [0, 0.05) is 25.1 Å². The van der Waals surface area contributed by atoms with Crippen molar-refractivity contribution in [2.75, 3.05) is 26.3 Å². The van der Waals surface area contributed by atoms with Crippen LogP contribution >= 0.6 is 0 Å². The maximum absolute atomic E-state index is 10.2. The topological polar surface area (TPSA) is 84.8 Å². The molecule has 0 spiro atoms. The van der Waals surface area contributed by atoms with Crippen LogP contribution in [-0.4, -0.2) is 52.6 Å². The van der Waals surface area contributed by atoms with E-state index in [9.17, 15) is 5.11 Å². The molecule has 0 unspecified atom stereocenters. The SMILES string of the molecule is C=CCOC[C@H](O)CN(CCc1nc(-c2ccccc2)no1)Cc1ccco1. The van der Waals surface area contributed by atoms with Crippen LogP contribution in [0.25, 0.3) is 11.4 Å². The molecule has 0 aliphatic carbocycles. The van der Waals surface area contributed by atoms with Crippen LogP contribution in [0.4, 0.5) is 0 Å². The molecule has 1 aromatic carbocycles. The van der Waals surface area contributed by atoms with Crippen molar-refractivity contribution >= 4 is 0 Å². The van der Waals surface area contributed by atoms with Crippen molar-refractivity contribution in [3.8, 4) is 11.4 Å². The highest BCUT2D eigenvalue weighted by molar-refractivity contribution is 5.53. The number of aromatic nitrogens is 2. The molecule has 0 radical (unpaired) electrons. The molecule has 0 bridgehead atoms. The van der Waals surface area contributed by atoms with Gasteiger partial charge in [0.25, 0.3) is 0 Å². The van der Waals surface area contributed by atoms with Crippen molar-refractivity contribution in [1.82, 2.24) is 15.0 Å². The summed E-state index contributed by atoms with van der Waals surface area (Å²) in [6.07, 6.45) is 3.26. The second-order valence-electron chi connectivity index (χ2n) is 6.42. The zero-order valence-corrected chi connectivity index (χ0v) is 15.7. The molecule has 1 atom stereocenters. The molecule has 2 heterocycles. The Morgan fingerprint density at radius 2 is 2.07 bits per heavy atom. The van der Waals surface area contributed by atoms with Crippen LogP contribution in [0.2, 0.25) is 0 Å². The number of rotatable bonds is 12. The molecule has 3 rings (SSSR count). The molecule has 0 amide bonds. The van der Waals surface area contributed by atoms with Gasteiger partial charge < -0.3 is 18.8 Å². The number of aliphatic hydroxyl groups is 1. The van der Waals surface area contributed by atoms with Crippen molar-refractivity contribution in [3.63, 3.8) is 0 Å². The lowest BCUT2D eigenvalue weighted by Gasteiger charge is -2.23. The summed E-state index contributed by atoms with van der Waals surface area (Å²) in [5.74, 6) is 1.96. The highest BCUT2D eigenvalue weighted by Gasteiger charge is 2.16. The van der Waals surface area contributed by atoms with Gasteiger partial charge >= 0.3 is 0 Å². The Morgan fingerprint density at radius 1 is 1.21 bits per heavy atom. The van der Waals surface area contributed by atoms with Crippen molar-refractivity contribution in [2.45, 2.75) is 19.1 Å². The summed E-state index contributed by atoms with van der Waals surface area (Å²) >= 11 is 0. The van der Waals surface area contributed by atoms with Gasteiger partial charge in [-0.3, -0.25) is 4.90 Å². The van der Waals surface area contributed by atoms with Crippen molar-refractivity contribution in [2.24, 2.45) is 0 Å². The quantitative estimate of drug-likeness (QED) is 0.380. The normalized spacial score (nSPS) is 12.4. The minimum Gasteiger partial charge on any atom is -0.468 e. The minimum atomic E-state index is -0.613. The number of nitrogens with zero attached hydrogens (tertiary/aromatic N) is 3. The summed E-state index contributed by atoms with van der Waals surface area (Å²) in [5, 5.41) is 14.3. The monoisotopic (exact) mass is 383 g/mol. The zero-order chi connectivity index (χ0) is 19.6. The smallest absolute Gasteiger partial charge is 0.228 e. The number of hydrogen-bond donors (Lipinski definition) is 1. The van der Waals surface area contributed by atoms with E-state index in [1.54, 1.807) is 12.3 Å². The van der Waals surface area contributed by atoms with E-state index in [1.165, 1.54) is 0 Å². The first-order chi connectivity index (χ1) is 13.7. The summed E-state index contributed by atoms with van der Waals surface area (Å²) in [5.41, 5.74) is 0.916. The summed E-state index contributed by atoms with van der Waals surface area (Å²) in [4.78, 5) is 6.54. The van der Waals surface area contributed by atoms with E-state index in [0.717, 1.165) is 11.3 Å². The van der Waals surface area contributed by atoms with Crippen LogP contribution in [0.5, 0.6) is 0 Å². The molecule has 0 aliphatic rings. The molecule has 0 aliphatic heterocycles. The molecular weight excluding hydrogens is 358 g/mol. The van der Waals surface area contributed by atoms with Gasteiger partial charge in [-0.1, -0.05) is 41.6 Å². The Labute approximate surface area is 164 Å². The largest absolute Gasteiger partial charge is 0.468 e. The highest BCUT2D eigenvalue weighted by atomic mass is 16.5. The maximum atomic E-state index is 10.2. The van der Waals surface area contributed by atoms with E-state index in [4.69, 9.17) is 13.7 Å². The van der Waals surface area contributed by atoms with Gasteiger partial charge in [0.2, 0.25) is 11.7 Å². The van der Waals surface area contributed by atoms with E-state index in [-0.39, 0.29) is 6.61 Å². The third kappa shape index (κ3) is 6.16. The average molecular weight is 383 g/mol. The van der Waals surface area contributed by atoms with Crippen LogP contribution < -0.4 is 0 Å². The molecule has 7 heteroatoms. The lowest BCUT2D eigenvalue weighted by Crippen LogP contribution is -2.36. The van der Waals surface area contributed by atoms with Gasteiger partial charge in [0.1, 0.15) is 5.76 Å². The fourth-order valence-corrected chi connectivity index (χ4v) is 2.81. The molecular formula is C21H25N3O4. The highest BCUT2D eigenvalue weighted by Crippen LogP contribution is 2.15. The van der Waals surface area contributed by atoms with Gasteiger partial charge in [-0.15, -0.1) is 6.58 Å². The number of benzene rings is 1. The van der Waals surface area contributed by atoms with Gasteiger partial charge in [-0.2, -0.15) is 4.98 Å². The summed E-state index contributed by atoms with van der Waals surface area (Å²) in [7, 11) is 0. The van der Waals surface area contributed by atoms with Crippen molar-refractivity contribution in [1.29, 1.82) is 0 Å². The Bertz CT molecular complexity index is 817. The number of hydrogen-bond acceptors (Lipinski definition) is 7. The van der Waals surface area contributed by atoms with Gasteiger partial charge in [-0.25, -0.2) is 0 Å². The first kappa shape index (κ1) is 20.0. The fourth-order valence-electron chi connectivity index (χ4n) is 2.81. The van der Waals surface area contributed by atoms with Crippen LogP contribution in [0.1, 0.15) is 11.7 Å². The van der Waals surface area contributed by atoms with Crippen LogP contribution in [-0.2, 0) is 17.7 Å². The molecule has 0 saturated heterocycles. The lowest BCUT2D eigenvalue weighted by molar-refractivity contribution is 0.0232. The van der Waals surface area contributed by atoms with E-state index in [0.29, 0.717) is 44.4 Å². The van der Waals surface area contributed by atoms with Gasteiger partial charge in [0.15, 0.2) is 0 Å². The number of aliphatic hydroxyl groups excluding tert-OH is 1. The number of ether oxygens (including phenoxy) is 1. The van der Waals surface area contributed by atoms with E-state index >= 15 is 0 Å². The molecule has 0 fully saturated rings. The molecule has 28 heavy (non-hydrogen) atoms. The van der Waals surface area contributed by atoms with Crippen molar-refractivity contribution in [3.05, 3.63) is 73.0 Å². The van der Waals surface area contributed by atoms with Crippen LogP contribution in [0.3, 0.4) is 0 Å². The predicted molar refractivity (Wildman–Crippen MR) is 104 cm³/mol. The van der Waals surface area contributed by atoms with Crippen LogP contribution in [0, 0.1) is 0 Å². The molecule has 7 nitrogen and oxygen atoms in total. The Balaban J connectivity index is 1.57. The van der Waals surface area contributed by atoms with E-state index in [2.05, 4.69) is 21.6 Å². The summed E-state index contributed by atoms with van der Waals surface area (Å²) in [6, 6.07) is 13.5. The number of furan rings is 1. The van der Waals surface area contributed by atoms with E-state index in [1.807, 2.05) is 42.5 Å². The summed E-state index contributed by atoms with van der Waals surface area (Å²) in [6.45, 7) is 5.92. The maximum Gasteiger partial charge on any atom is 0.228 e. The molecule has 1 N–H and O–H groups in total. The standard InChI is InChI=1S/C21H25N3O4/c1-2-12-26-16-18(25)14-24(15-19-9-6-13-27-19)11-10-20-22-21(23-28-20)17-7-4-3-5-8-17/h2-9,13,18,25H,1,10-12,14-16H2/t18-/m1/s1. The average Bonchev–Trinajstić information content (AvgIpc) is 3.39. The molecule has 3 aromatic rings. The Kier molecular flexibility index (Phi) is 7.54. The Hall–Kier alpha value is -2.74. The fraction of sp³-hybridized carbons (Fsp3) is 0.333. The second-order valence-corrected chi connectivity index (χ2v) is 6.42. The lowest BCUT2D eigenvalue weighted by atomic mass is 10.2. The van der Waals surface area contributed by atoms with E-state index < -0.39 is 6.10 Å². The minimum absolute atomic E-state index is 0.249. The van der Waals surface area contributed by atoms with Gasteiger partial charge in [-0.05, 0) is 12.1 Å². The first-order valence-corrected chi connectivity index (χ1v) is 9.24. The third-order valence-electron chi connectivity index (χ3n) is 4.12. The van der Waals surface area contributed by atoms with Gasteiger partial charge in [0.05, 0.1) is 32.1 Å².